The number of hydrogen-bond donors (Lipinski definition) is 2. The van der Waals surface area contributed by atoms with Crippen LogP contribution in [0, 0.1) is 29.6 Å². The molecule has 3 aliphatic carbocycles. The molecule has 2 N–H and O–H groups in total. The van der Waals surface area contributed by atoms with Crippen molar-refractivity contribution in [1.29, 1.82) is 0 Å². The van der Waals surface area contributed by atoms with E-state index in [0.29, 0.717) is 36.5 Å². The van der Waals surface area contributed by atoms with Crippen LogP contribution in [0.3, 0.4) is 0 Å². The summed E-state index contributed by atoms with van der Waals surface area (Å²) in [5, 5.41) is 15.8. The van der Waals surface area contributed by atoms with Crippen LogP contribution in [-0.2, 0) is 10.0 Å². The summed E-state index contributed by atoms with van der Waals surface area (Å²) in [6.45, 7) is 8.68. The van der Waals surface area contributed by atoms with Crippen LogP contribution < -0.4 is 4.83 Å². The first-order valence-electron chi connectivity index (χ1n) is 10.3. The Balaban J connectivity index is 1.57. The van der Waals surface area contributed by atoms with Gasteiger partial charge in [0.15, 0.2) is 0 Å². The maximum absolute atomic E-state index is 12.6. The molecule has 154 valence electrons. The molecule has 0 heterocycles. The fourth-order valence-electron chi connectivity index (χ4n) is 6.00. The number of hydrazone groups is 1. The van der Waals surface area contributed by atoms with Gasteiger partial charge in [0.05, 0.1) is 10.5 Å². The maximum Gasteiger partial charge on any atom is 0.276 e. The highest BCUT2D eigenvalue weighted by molar-refractivity contribution is 7.89. The molecule has 0 saturated heterocycles. The molecule has 28 heavy (non-hydrogen) atoms. The zero-order valence-electron chi connectivity index (χ0n) is 17.3. The third-order valence-electron chi connectivity index (χ3n) is 7.75. The number of nitrogens with one attached hydrogen (secondary N) is 1. The zero-order valence-corrected chi connectivity index (χ0v) is 18.1. The number of nitrogens with zero attached hydrogens (tertiary/aromatic N) is 1. The smallest absolute Gasteiger partial charge is 0.276 e. The molecule has 3 saturated carbocycles. The first-order chi connectivity index (χ1) is 13.0. The van der Waals surface area contributed by atoms with E-state index in [2.05, 4.69) is 30.7 Å². The summed E-state index contributed by atoms with van der Waals surface area (Å²) in [7, 11) is -3.68. The monoisotopic (exact) mass is 404 g/mol. The van der Waals surface area contributed by atoms with Crippen molar-refractivity contribution in [1.82, 2.24) is 4.83 Å². The molecule has 3 aliphatic rings. The third-order valence-corrected chi connectivity index (χ3v) is 8.98. The van der Waals surface area contributed by atoms with Gasteiger partial charge in [-0.3, -0.25) is 0 Å². The highest BCUT2D eigenvalue weighted by Gasteiger charge is 2.61. The molecule has 3 fully saturated rings. The molecule has 5 nitrogen and oxygen atoms in total. The van der Waals surface area contributed by atoms with Crippen LogP contribution in [0.25, 0.3) is 0 Å². The molecule has 4 atom stereocenters. The van der Waals surface area contributed by atoms with Crippen LogP contribution in [0.1, 0.15) is 64.9 Å². The van der Waals surface area contributed by atoms with Gasteiger partial charge >= 0.3 is 0 Å². The lowest BCUT2D eigenvalue weighted by Crippen LogP contribution is -2.57. The van der Waals surface area contributed by atoms with E-state index in [4.69, 9.17) is 0 Å². The van der Waals surface area contributed by atoms with E-state index in [-0.39, 0.29) is 10.3 Å². The van der Waals surface area contributed by atoms with Crippen molar-refractivity contribution >= 4 is 15.7 Å². The second-order valence-electron chi connectivity index (χ2n) is 10.3. The predicted molar refractivity (Wildman–Crippen MR) is 110 cm³/mol. The van der Waals surface area contributed by atoms with E-state index in [1.807, 2.05) is 6.92 Å². The second kappa shape index (κ2) is 6.30. The number of aliphatic hydroxyl groups is 1. The summed E-state index contributed by atoms with van der Waals surface area (Å²) < 4.78 is 25.3. The molecule has 1 aromatic rings. The molecule has 3 unspecified atom stereocenters. The van der Waals surface area contributed by atoms with E-state index in [1.165, 1.54) is 0 Å². The third kappa shape index (κ3) is 3.18. The summed E-state index contributed by atoms with van der Waals surface area (Å²) in [5.41, 5.74) is 1.29. The quantitative estimate of drug-likeness (QED) is 0.747. The fourth-order valence-corrected chi connectivity index (χ4v) is 6.83. The van der Waals surface area contributed by atoms with E-state index >= 15 is 0 Å². The Morgan fingerprint density at radius 1 is 1.11 bits per heavy atom. The van der Waals surface area contributed by atoms with Crippen molar-refractivity contribution in [3.8, 4) is 0 Å². The Morgan fingerprint density at radius 2 is 1.79 bits per heavy atom. The van der Waals surface area contributed by atoms with Gasteiger partial charge < -0.3 is 5.11 Å². The molecule has 0 amide bonds. The predicted octanol–water partition coefficient (Wildman–Crippen LogP) is 4.01. The van der Waals surface area contributed by atoms with Crippen LogP contribution in [0.15, 0.2) is 34.3 Å². The second-order valence-corrected chi connectivity index (χ2v) is 11.9. The largest absolute Gasteiger partial charge is 0.390 e. The minimum atomic E-state index is -3.68. The molecule has 1 aromatic carbocycles. The summed E-state index contributed by atoms with van der Waals surface area (Å²) in [6.07, 6.45) is 5.10. The Morgan fingerprint density at radius 3 is 2.43 bits per heavy atom. The molecule has 6 heteroatoms. The summed E-state index contributed by atoms with van der Waals surface area (Å²) in [6, 6.07) is 6.77. The number of hydrogen-bond acceptors (Lipinski definition) is 4. The number of fused-ring (bicyclic) bond motifs is 4. The van der Waals surface area contributed by atoms with Gasteiger partial charge in [0.2, 0.25) is 0 Å². The minimum Gasteiger partial charge on any atom is -0.390 e. The molecule has 0 radical (unpaired) electrons. The first kappa shape index (κ1) is 19.9. The number of rotatable bonds is 3. The van der Waals surface area contributed by atoms with Gasteiger partial charge in [-0.2, -0.15) is 13.5 Å². The molecular weight excluding hydrogens is 372 g/mol. The van der Waals surface area contributed by atoms with Gasteiger partial charge in [0.25, 0.3) is 10.0 Å². The van der Waals surface area contributed by atoms with Crippen LogP contribution >= 0.6 is 0 Å². The van der Waals surface area contributed by atoms with Crippen molar-refractivity contribution in [3.05, 3.63) is 29.8 Å². The SMILES string of the molecule is Cc1ccc(S(=O)(=O)NN=C2CCC3(O)CC2(C)CCC2[C@H]3CC2(C)C)cc1. The van der Waals surface area contributed by atoms with Crippen LogP contribution in [0.2, 0.25) is 0 Å². The van der Waals surface area contributed by atoms with Crippen molar-refractivity contribution < 1.29 is 13.5 Å². The minimum absolute atomic E-state index is 0.223. The van der Waals surface area contributed by atoms with Gasteiger partial charge in [-0.25, -0.2) is 4.83 Å². The Hall–Kier alpha value is -1.40. The lowest BCUT2D eigenvalue weighted by Gasteiger charge is -2.58. The summed E-state index contributed by atoms with van der Waals surface area (Å²) >= 11 is 0. The normalized spacial score (nSPS) is 38.2. The Kier molecular flexibility index (Phi) is 4.47. The number of benzene rings is 1. The van der Waals surface area contributed by atoms with Gasteiger partial charge in [-0.15, -0.1) is 0 Å². The van der Waals surface area contributed by atoms with Crippen LogP contribution in [0.5, 0.6) is 0 Å². The molecule has 0 spiro atoms. The van der Waals surface area contributed by atoms with E-state index in [1.54, 1.807) is 24.3 Å². The summed E-state index contributed by atoms with van der Waals surface area (Å²) in [5.74, 6) is 0.915. The fraction of sp³-hybridized carbons (Fsp3) is 0.682. The van der Waals surface area contributed by atoms with Gasteiger partial charge in [0.1, 0.15) is 0 Å². The van der Waals surface area contributed by atoms with E-state index in [0.717, 1.165) is 30.5 Å². The number of aryl methyl sites for hydroxylation is 1. The highest BCUT2D eigenvalue weighted by atomic mass is 32.2. The lowest BCUT2D eigenvalue weighted by molar-refractivity contribution is -0.152. The van der Waals surface area contributed by atoms with Gasteiger partial charge in [-0.1, -0.05) is 38.5 Å². The van der Waals surface area contributed by atoms with Gasteiger partial charge in [-0.05, 0) is 74.8 Å². The molecular formula is C22H32N2O3S. The average Bonchev–Trinajstić information content (AvgIpc) is 2.66. The molecule has 0 aliphatic heterocycles. The Bertz CT molecular complexity index is 906. The van der Waals surface area contributed by atoms with Crippen molar-refractivity contribution in [2.24, 2.45) is 27.8 Å². The van der Waals surface area contributed by atoms with Crippen LogP contribution in [-0.4, -0.2) is 24.8 Å². The van der Waals surface area contributed by atoms with Crippen molar-refractivity contribution in [2.75, 3.05) is 0 Å². The average molecular weight is 405 g/mol. The number of sulfonamides is 1. The van der Waals surface area contributed by atoms with Gasteiger partial charge in [0, 0.05) is 11.1 Å². The molecule has 0 aromatic heterocycles. The summed E-state index contributed by atoms with van der Waals surface area (Å²) in [4.78, 5) is 2.68. The van der Waals surface area contributed by atoms with E-state index < -0.39 is 15.6 Å². The zero-order chi connectivity index (χ0) is 20.4. The van der Waals surface area contributed by atoms with E-state index in [9.17, 15) is 13.5 Å². The first-order valence-corrected chi connectivity index (χ1v) is 11.8. The highest BCUT2D eigenvalue weighted by Crippen LogP contribution is 2.64. The lowest BCUT2D eigenvalue weighted by atomic mass is 9.49. The topological polar surface area (TPSA) is 78.8 Å². The van der Waals surface area contributed by atoms with Crippen LogP contribution in [0.4, 0.5) is 0 Å². The molecule has 2 bridgehead atoms. The van der Waals surface area contributed by atoms with Crippen molar-refractivity contribution in [3.63, 3.8) is 0 Å². The standard InChI is InChI=1S/C22H32N2O3S/c1-15-5-7-16(8-6-15)28(26,27)24-23-19-10-12-22(25)14-21(19,4)11-9-17-18(22)13-20(17,2)3/h5-8,17-18,24-25H,9-14H2,1-4H3/t17?,18-,21?,22?/m1/s1. The molecule has 4 rings (SSSR count). The Labute approximate surface area is 168 Å². The van der Waals surface area contributed by atoms with Crippen molar-refractivity contribution in [2.45, 2.75) is 76.7 Å². The maximum atomic E-state index is 12.6.